The number of hydrogen-bond donors (Lipinski definition) is 1. The van der Waals surface area contributed by atoms with Crippen LogP contribution in [0.25, 0.3) is 10.9 Å². The van der Waals surface area contributed by atoms with Crippen molar-refractivity contribution in [2.75, 3.05) is 0 Å². The first-order valence-corrected chi connectivity index (χ1v) is 10.3. The number of rotatable bonds is 5. The first-order valence-electron chi connectivity index (χ1n) is 9.05. The molecule has 2 aromatic rings. The van der Waals surface area contributed by atoms with Crippen molar-refractivity contribution >= 4 is 40.2 Å². The molecule has 1 heterocycles. The predicted octanol–water partition coefficient (Wildman–Crippen LogP) is 4.17. The van der Waals surface area contributed by atoms with Crippen LogP contribution < -0.4 is 10.9 Å². The summed E-state index contributed by atoms with van der Waals surface area (Å²) in [6.45, 7) is 5.74. The molecule has 1 saturated carbocycles. The van der Waals surface area contributed by atoms with Gasteiger partial charge in [-0.3, -0.25) is 14.2 Å². The quantitative estimate of drug-likeness (QED) is 0.611. The molecule has 26 heavy (non-hydrogen) atoms. The van der Waals surface area contributed by atoms with Crippen LogP contribution in [0.1, 0.15) is 52.5 Å². The number of nitrogens with one attached hydrogen (secondary N) is 1. The summed E-state index contributed by atoms with van der Waals surface area (Å²) in [7, 11) is 0. The van der Waals surface area contributed by atoms with Gasteiger partial charge in [0.1, 0.15) is 0 Å². The fourth-order valence-corrected chi connectivity index (χ4v) is 4.51. The molecule has 1 aliphatic rings. The van der Waals surface area contributed by atoms with E-state index < -0.39 is 0 Å². The van der Waals surface area contributed by atoms with Gasteiger partial charge in [0.05, 0.1) is 16.2 Å². The van der Waals surface area contributed by atoms with Crippen LogP contribution in [-0.2, 0) is 4.79 Å². The third-order valence-corrected chi connectivity index (χ3v) is 6.00. The van der Waals surface area contributed by atoms with Crippen molar-refractivity contribution in [2.45, 2.75) is 68.9 Å². The summed E-state index contributed by atoms with van der Waals surface area (Å²) in [5, 5.41) is 4.41. The number of thioether (sulfide) groups is 1. The van der Waals surface area contributed by atoms with Gasteiger partial charge in [-0.05, 0) is 51.8 Å². The maximum absolute atomic E-state index is 12.9. The van der Waals surface area contributed by atoms with Crippen molar-refractivity contribution < 1.29 is 4.79 Å². The molecule has 140 valence electrons. The Morgan fingerprint density at radius 1 is 1.31 bits per heavy atom. The smallest absolute Gasteiger partial charge is 0.262 e. The van der Waals surface area contributed by atoms with Gasteiger partial charge in [-0.2, -0.15) is 0 Å². The Labute approximate surface area is 162 Å². The van der Waals surface area contributed by atoms with Crippen LogP contribution in [0.15, 0.2) is 28.2 Å². The highest BCUT2D eigenvalue weighted by molar-refractivity contribution is 8.00. The van der Waals surface area contributed by atoms with Gasteiger partial charge in [0.15, 0.2) is 5.16 Å². The number of hydrogen-bond acceptors (Lipinski definition) is 4. The van der Waals surface area contributed by atoms with Crippen LogP contribution in [0.3, 0.4) is 0 Å². The lowest BCUT2D eigenvalue weighted by Gasteiger charge is -2.20. The lowest BCUT2D eigenvalue weighted by molar-refractivity contribution is -0.120. The van der Waals surface area contributed by atoms with Gasteiger partial charge in [-0.1, -0.05) is 36.2 Å². The molecule has 1 aromatic carbocycles. The third kappa shape index (κ3) is 4.07. The number of amides is 1. The fraction of sp³-hybridized carbons (Fsp3) is 0.526. The average Bonchev–Trinajstić information content (AvgIpc) is 3.07. The first kappa shape index (κ1) is 19.2. The molecule has 0 aliphatic heterocycles. The molecule has 1 atom stereocenters. The van der Waals surface area contributed by atoms with E-state index in [4.69, 9.17) is 11.6 Å². The fourth-order valence-electron chi connectivity index (χ4n) is 3.29. The molecule has 0 radical (unpaired) electrons. The Balaban J connectivity index is 1.91. The summed E-state index contributed by atoms with van der Waals surface area (Å²) in [5.74, 6) is -0.00218. The monoisotopic (exact) mass is 393 g/mol. The molecule has 0 bridgehead atoms. The molecule has 1 unspecified atom stereocenters. The number of halogens is 1. The van der Waals surface area contributed by atoms with Crippen LogP contribution in [0.2, 0.25) is 5.02 Å². The van der Waals surface area contributed by atoms with Gasteiger partial charge in [0.25, 0.3) is 5.56 Å². The highest BCUT2D eigenvalue weighted by Crippen LogP contribution is 2.26. The molecule has 5 nitrogen and oxygen atoms in total. The topological polar surface area (TPSA) is 64.0 Å². The second-order valence-electron chi connectivity index (χ2n) is 7.07. The molecule has 0 saturated heterocycles. The van der Waals surface area contributed by atoms with E-state index in [1.165, 1.54) is 24.6 Å². The van der Waals surface area contributed by atoms with Gasteiger partial charge in [-0.25, -0.2) is 4.98 Å². The summed E-state index contributed by atoms with van der Waals surface area (Å²) in [6, 6.07) is 5.32. The Morgan fingerprint density at radius 2 is 2.00 bits per heavy atom. The zero-order valence-corrected chi connectivity index (χ0v) is 16.9. The Morgan fingerprint density at radius 3 is 2.65 bits per heavy atom. The van der Waals surface area contributed by atoms with Crippen molar-refractivity contribution in [1.82, 2.24) is 14.9 Å². The molecule has 3 rings (SSSR count). The van der Waals surface area contributed by atoms with Crippen molar-refractivity contribution in [2.24, 2.45) is 0 Å². The predicted molar refractivity (Wildman–Crippen MR) is 107 cm³/mol. The number of carbonyl (C=O) groups is 1. The number of benzene rings is 1. The second-order valence-corrected chi connectivity index (χ2v) is 8.82. The minimum absolute atomic E-state index is 0.00218. The zero-order chi connectivity index (χ0) is 18.8. The van der Waals surface area contributed by atoms with Crippen LogP contribution in [0, 0.1) is 0 Å². The number of nitrogens with zero attached hydrogens (tertiary/aromatic N) is 2. The van der Waals surface area contributed by atoms with E-state index in [2.05, 4.69) is 10.3 Å². The highest BCUT2D eigenvalue weighted by Gasteiger charge is 2.24. The summed E-state index contributed by atoms with van der Waals surface area (Å²) in [6.07, 6.45) is 4.44. The van der Waals surface area contributed by atoms with E-state index in [0.29, 0.717) is 21.1 Å². The molecule has 1 amide bonds. The van der Waals surface area contributed by atoms with E-state index in [0.717, 1.165) is 12.8 Å². The lowest BCUT2D eigenvalue weighted by Crippen LogP contribution is -2.38. The molecule has 1 fully saturated rings. The normalized spacial score (nSPS) is 16.3. The van der Waals surface area contributed by atoms with Gasteiger partial charge in [0, 0.05) is 17.1 Å². The maximum Gasteiger partial charge on any atom is 0.262 e. The van der Waals surface area contributed by atoms with Gasteiger partial charge in [-0.15, -0.1) is 0 Å². The van der Waals surface area contributed by atoms with E-state index in [1.54, 1.807) is 22.8 Å². The SMILES string of the molecule is CC(Sc1nc2cc(Cl)ccc2c(=O)n1C(C)C)C(=O)NC1CCCC1. The molecular formula is C19H24ClN3O2S. The van der Waals surface area contributed by atoms with Crippen LogP contribution >= 0.6 is 23.4 Å². The third-order valence-electron chi connectivity index (χ3n) is 4.70. The molecule has 1 aliphatic carbocycles. The first-order chi connectivity index (χ1) is 12.4. The minimum atomic E-state index is -0.330. The Hall–Kier alpha value is -1.53. The van der Waals surface area contributed by atoms with E-state index in [1.807, 2.05) is 20.8 Å². The van der Waals surface area contributed by atoms with E-state index in [9.17, 15) is 9.59 Å². The average molecular weight is 394 g/mol. The molecule has 1 N–H and O–H groups in total. The van der Waals surface area contributed by atoms with Crippen molar-refractivity contribution in [1.29, 1.82) is 0 Å². The van der Waals surface area contributed by atoms with E-state index in [-0.39, 0.29) is 28.8 Å². The van der Waals surface area contributed by atoms with Gasteiger partial charge < -0.3 is 5.32 Å². The van der Waals surface area contributed by atoms with Crippen LogP contribution in [0.5, 0.6) is 0 Å². The summed E-state index contributed by atoms with van der Waals surface area (Å²) < 4.78 is 1.65. The highest BCUT2D eigenvalue weighted by atomic mass is 35.5. The zero-order valence-electron chi connectivity index (χ0n) is 15.3. The van der Waals surface area contributed by atoms with Gasteiger partial charge in [0.2, 0.25) is 5.91 Å². The summed E-state index contributed by atoms with van der Waals surface area (Å²) >= 11 is 7.38. The van der Waals surface area contributed by atoms with Crippen molar-refractivity contribution in [3.05, 3.63) is 33.6 Å². The van der Waals surface area contributed by atoms with Crippen molar-refractivity contribution in [3.63, 3.8) is 0 Å². The number of aromatic nitrogens is 2. The Bertz CT molecular complexity index is 875. The van der Waals surface area contributed by atoms with Crippen LogP contribution in [-0.4, -0.2) is 26.8 Å². The molecule has 0 spiro atoms. The Kier molecular flexibility index (Phi) is 5.92. The number of fused-ring (bicyclic) bond motifs is 1. The summed E-state index contributed by atoms with van der Waals surface area (Å²) in [5.41, 5.74) is 0.456. The molecule has 7 heteroatoms. The number of carbonyl (C=O) groups excluding carboxylic acids is 1. The molecular weight excluding hydrogens is 370 g/mol. The van der Waals surface area contributed by atoms with E-state index >= 15 is 0 Å². The van der Waals surface area contributed by atoms with Crippen LogP contribution in [0.4, 0.5) is 0 Å². The van der Waals surface area contributed by atoms with Gasteiger partial charge >= 0.3 is 0 Å². The summed E-state index contributed by atoms with van der Waals surface area (Å²) in [4.78, 5) is 30.1. The molecule has 1 aromatic heterocycles. The van der Waals surface area contributed by atoms with Crippen molar-refractivity contribution in [3.8, 4) is 0 Å². The standard InChI is InChI=1S/C19H24ClN3O2S/c1-11(2)23-18(25)15-9-8-13(20)10-16(15)22-19(23)26-12(3)17(24)21-14-6-4-5-7-14/h8-12,14H,4-7H2,1-3H3,(H,21,24). The second kappa shape index (κ2) is 8.01. The lowest BCUT2D eigenvalue weighted by atomic mass is 10.2. The minimum Gasteiger partial charge on any atom is -0.352 e. The largest absolute Gasteiger partial charge is 0.352 e. The maximum atomic E-state index is 12.9.